The first-order valence-corrected chi connectivity index (χ1v) is 9.96. The summed E-state index contributed by atoms with van der Waals surface area (Å²) in [6.45, 7) is 5.06. The molecule has 1 N–H and O–H groups in total. The van der Waals surface area contributed by atoms with Gasteiger partial charge in [-0.3, -0.25) is 14.6 Å². The van der Waals surface area contributed by atoms with Crippen LogP contribution in [0, 0.1) is 6.92 Å². The van der Waals surface area contributed by atoms with Crippen LogP contribution in [-0.4, -0.2) is 22.1 Å². The molecule has 0 saturated carbocycles. The van der Waals surface area contributed by atoms with Crippen LogP contribution in [0.25, 0.3) is 10.9 Å². The van der Waals surface area contributed by atoms with Crippen molar-refractivity contribution < 1.29 is 9.53 Å². The smallest absolute Gasteiger partial charge is 0.263 e. The van der Waals surface area contributed by atoms with Gasteiger partial charge in [0.25, 0.3) is 11.5 Å². The fourth-order valence-electron chi connectivity index (χ4n) is 3.30. The van der Waals surface area contributed by atoms with Crippen molar-refractivity contribution in [3.05, 3.63) is 69.8 Å². The number of aryl methyl sites for hydroxylation is 2. The second-order valence-electron chi connectivity index (χ2n) is 7.17. The van der Waals surface area contributed by atoms with Gasteiger partial charge in [0.15, 0.2) is 0 Å². The Morgan fingerprint density at radius 1 is 1.17 bits per heavy atom. The standard InChI is InChI=1S/C23H27N3O3/c1-4-5-6-13-29-21-16(2)7-8-18-14-19(23(28)26(3)20(18)21)22(27)25-15-17-9-11-24-12-10-17/h7-12,14H,4-6,13,15H2,1-3H3,(H,25,27). The zero-order valence-corrected chi connectivity index (χ0v) is 17.2. The van der Waals surface area contributed by atoms with Crippen molar-refractivity contribution >= 4 is 16.8 Å². The molecule has 152 valence electrons. The van der Waals surface area contributed by atoms with Gasteiger partial charge in [0.05, 0.1) is 12.1 Å². The van der Waals surface area contributed by atoms with Gasteiger partial charge >= 0.3 is 0 Å². The van der Waals surface area contributed by atoms with Crippen LogP contribution in [0.5, 0.6) is 5.75 Å². The Hall–Kier alpha value is -3.15. The third kappa shape index (κ3) is 4.65. The largest absolute Gasteiger partial charge is 0.491 e. The van der Waals surface area contributed by atoms with E-state index >= 15 is 0 Å². The molecule has 1 aromatic carbocycles. The number of rotatable bonds is 8. The van der Waals surface area contributed by atoms with E-state index in [1.807, 2.05) is 31.2 Å². The molecule has 6 nitrogen and oxygen atoms in total. The summed E-state index contributed by atoms with van der Waals surface area (Å²) in [5.74, 6) is 0.317. The molecule has 0 aliphatic carbocycles. The Bertz CT molecular complexity index is 1060. The van der Waals surface area contributed by atoms with E-state index in [0.29, 0.717) is 18.9 Å². The summed E-state index contributed by atoms with van der Waals surface area (Å²) in [5, 5.41) is 3.61. The molecule has 2 heterocycles. The number of nitrogens with one attached hydrogen (secondary N) is 1. The van der Waals surface area contributed by atoms with Gasteiger partial charge in [-0.25, -0.2) is 0 Å². The predicted octanol–water partition coefficient (Wildman–Crippen LogP) is 3.74. The number of carbonyl (C=O) groups excluding carboxylic acids is 1. The lowest BCUT2D eigenvalue weighted by Gasteiger charge is -2.16. The highest BCUT2D eigenvalue weighted by atomic mass is 16.5. The quantitative estimate of drug-likeness (QED) is 0.592. The molecule has 0 spiro atoms. The topological polar surface area (TPSA) is 73.2 Å². The minimum Gasteiger partial charge on any atom is -0.491 e. The summed E-state index contributed by atoms with van der Waals surface area (Å²) in [4.78, 5) is 29.5. The molecule has 29 heavy (non-hydrogen) atoms. The van der Waals surface area contributed by atoms with Crippen molar-refractivity contribution in [2.75, 3.05) is 6.61 Å². The summed E-state index contributed by atoms with van der Waals surface area (Å²) >= 11 is 0. The molecule has 2 aromatic heterocycles. The highest BCUT2D eigenvalue weighted by Crippen LogP contribution is 2.29. The van der Waals surface area contributed by atoms with Crippen LogP contribution in [0.2, 0.25) is 0 Å². The van der Waals surface area contributed by atoms with E-state index in [1.165, 1.54) is 4.57 Å². The first-order valence-electron chi connectivity index (χ1n) is 9.96. The zero-order chi connectivity index (χ0) is 20.8. The number of benzene rings is 1. The average molecular weight is 393 g/mol. The normalized spacial score (nSPS) is 10.9. The second kappa shape index (κ2) is 9.37. The van der Waals surface area contributed by atoms with E-state index in [-0.39, 0.29) is 11.1 Å². The van der Waals surface area contributed by atoms with E-state index in [9.17, 15) is 9.59 Å². The molecule has 0 atom stereocenters. The molecule has 0 aliphatic heterocycles. The Balaban J connectivity index is 1.91. The second-order valence-corrected chi connectivity index (χ2v) is 7.17. The van der Waals surface area contributed by atoms with Crippen LogP contribution < -0.4 is 15.6 Å². The Kier molecular flexibility index (Phi) is 6.65. The Morgan fingerprint density at radius 2 is 1.93 bits per heavy atom. The molecule has 0 unspecified atom stereocenters. The van der Waals surface area contributed by atoms with Crippen molar-refractivity contribution in [1.29, 1.82) is 0 Å². The van der Waals surface area contributed by atoms with E-state index in [0.717, 1.165) is 41.3 Å². The number of hydrogen-bond donors (Lipinski definition) is 1. The molecule has 6 heteroatoms. The van der Waals surface area contributed by atoms with Crippen molar-refractivity contribution in [3.8, 4) is 5.75 Å². The zero-order valence-electron chi connectivity index (χ0n) is 17.2. The molecule has 0 bridgehead atoms. The molecular weight excluding hydrogens is 366 g/mol. The monoisotopic (exact) mass is 393 g/mol. The van der Waals surface area contributed by atoms with Crippen LogP contribution >= 0.6 is 0 Å². The fourth-order valence-corrected chi connectivity index (χ4v) is 3.30. The van der Waals surface area contributed by atoms with Crippen LogP contribution in [0.15, 0.2) is 47.5 Å². The SMILES string of the molecule is CCCCCOc1c(C)ccc2cc(C(=O)NCc3ccncc3)c(=O)n(C)c12. The van der Waals surface area contributed by atoms with Crippen LogP contribution in [-0.2, 0) is 13.6 Å². The van der Waals surface area contributed by atoms with Crippen LogP contribution in [0.4, 0.5) is 0 Å². The molecule has 1 amide bonds. The summed E-state index contributed by atoms with van der Waals surface area (Å²) in [6.07, 6.45) is 6.52. The molecule has 0 saturated heterocycles. The highest BCUT2D eigenvalue weighted by molar-refractivity contribution is 5.98. The van der Waals surface area contributed by atoms with Gasteiger partial charge in [0.2, 0.25) is 0 Å². The molecule has 0 aliphatic rings. The van der Waals surface area contributed by atoms with Gasteiger partial charge in [-0.05, 0) is 42.7 Å². The minimum atomic E-state index is -0.393. The first-order chi connectivity index (χ1) is 14.0. The van der Waals surface area contributed by atoms with E-state index in [2.05, 4.69) is 17.2 Å². The third-order valence-electron chi connectivity index (χ3n) is 4.97. The van der Waals surface area contributed by atoms with E-state index < -0.39 is 5.91 Å². The van der Waals surface area contributed by atoms with Crippen LogP contribution in [0.3, 0.4) is 0 Å². The molecular formula is C23H27N3O3. The Morgan fingerprint density at radius 3 is 2.66 bits per heavy atom. The van der Waals surface area contributed by atoms with Gasteiger partial charge in [-0.2, -0.15) is 0 Å². The summed E-state index contributed by atoms with van der Waals surface area (Å²) < 4.78 is 7.54. The maximum atomic E-state index is 12.9. The number of amides is 1. The molecule has 0 radical (unpaired) electrons. The molecule has 3 rings (SSSR count). The van der Waals surface area contributed by atoms with Crippen molar-refractivity contribution in [2.45, 2.75) is 39.7 Å². The number of fused-ring (bicyclic) bond motifs is 1. The molecule has 0 fully saturated rings. The lowest BCUT2D eigenvalue weighted by Crippen LogP contribution is -2.32. The number of unbranched alkanes of at least 4 members (excludes halogenated alkanes) is 2. The predicted molar refractivity (Wildman–Crippen MR) is 114 cm³/mol. The first kappa shape index (κ1) is 20.6. The van der Waals surface area contributed by atoms with Gasteiger partial charge in [0, 0.05) is 31.4 Å². The number of carbonyl (C=O) groups is 1. The van der Waals surface area contributed by atoms with Crippen LogP contribution in [0.1, 0.15) is 47.7 Å². The number of aromatic nitrogens is 2. The number of pyridine rings is 2. The van der Waals surface area contributed by atoms with Gasteiger partial charge in [0.1, 0.15) is 11.3 Å². The molecule has 3 aromatic rings. The van der Waals surface area contributed by atoms with Gasteiger partial charge < -0.3 is 14.6 Å². The van der Waals surface area contributed by atoms with Gasteiger partial charge in [-0.15, -0.1) is 0 Å². The van der Waals surface area contributed by atoms with Crippen molar-refractivity contribution in [2.24, 2.45) is 7.05 Å². The number of nitrogens with zero attached hydrogens (tertiary/aromatic N) is 2. The third-order valence-corrected chi connectivity index (χ3v) is 4.97. The number of hydrogen-bond acceptors (Lipinski definition) is 4. The van der Waals surface area contributed by atoms with Gasteiger partial charge in [-0.1, -0.05) is 31.9 Å². The highest BCUT2D eigenvalue weighted by Gasteiger charge is 2.17. The average Bonchev–Trinajstić information content (AvgIpc) is 2.74. The fraction of sp³-hybridized carbons (Fsp3) is 0.348. The minimum absolute atomic E-state index is 0.120. The van der Waals surface area contributed by atoms with Crippen molar-refractivity contribution in [1.82, 2.24) is 14.9 Å². The Labute approximate surface area is 170 Å². The summed E-state index contributed by atoms with van der Waals surface area (Å²) in [6, 6.07) is 9.18. The number of ether oxygens (including phenoxy) is 1. The maximum absolute atomic E-state index is 12.9. The lowest BCUT2D eigenvalue weighted by atomic mass is 10.1. The summed E-state index contributed by atoms with van der Waals surface area (Å²) in [5.41, 5.74) is 2.39. The van der Waals surface area contributed by atoms with Crippen molar-refractivity contribution in [3.63, 3.8) is 0 Å². The maximum Gasteiger partial charge on any atom is 0.263 e. The van der Waals surface area contributed by atoms with E-state index in [1.54, 1.807) is 25.5 Å². The lowest BCUT2D eigenvalue weighted by molar-refractivity contribution is 0.0949. The van der Waals surface area contributed by atoms with E-state index in [4.69, 9.17) is 4.74 Å². The summed E-state index contributed by atoms with van der Waals surface area (Å²) in [7, 11) is 1.68.